The minimum atomic E-state index is -0.348. The first-order valence-electron chi connectivity index (χ1n) is 18.8. The molecule has 9 aromatic rings. The second kappa shape index (κ2) is 12.4. The summed E-state index contributed by atoms with van der Waals surface area (Å²) < 4.78 is 0. The van der Waals surface area contributed by atoms with Gasteiger partial charge in [-0.05, 0) is 72.8 Å². The van der Waals surface area contributed by atoms with Gasteiger partial charge in [0.05, 0.1) is 5.41 Å². The highest BCUT2D eigenvalue weighted by Crippen LogP contribution is 2.63. The van der Waals surface area contributed by atoms with Crippen molar-refractivity contribution in [1.82, 2.24) is 15.0 Å². The zero-order valence-electron chi connectivity index (χ0n) is 29.9. The Kier molecular flexibility index (Phi) is 7.08. The van der Waals surface area contributed by atoms with E-state index in [2.05, 4.69) is 140 Å². The molecule has 1 heterocycles. The van der Waals surface area contributed by atoms with Crippen molar-refractivity contribution in [1.29, 1.82) is 0 Å². The lowest BCUT2D eigenvalue weighted by atomic mass is 9.70. The summed E-state index contributed by atoms with van der Waals surface area (Å²) in [4.78, 5) is 14.7. The summed E-state index contributed by atoms with van der Waals surface area (Å²) in [5.41, 5.74) is 17.9. The van der Waals surface area contributed by atoms with Gasteiger partial charge in [-0.3, -0.25) is 0 Å². The predicted molar refractivity (Wildman–Crippen MR) is 223 cm³/mol. The molecule has 0 fully saturated rings. The highest BCUT2D eigenvalue weighted by molar-refractivity contribution is 5.96. The molecule has 0 saturated carbocycles. The number of fused-ring (bicyclic) bond motifs is 10. The van der Waals surface area contributed by atoms with E-state index < -0.39 is 0 Å². The van der Waals surface area contributed by atoms with Crippen LogP contribution in [-0.2, 0) is 5.41 Å². The van der Waals surface area contributed by atoms with Gasteiger partial charge in [0.1, 0.15) is 0 Å². The third kappa shape index (κ3) is 4.87. The smallest absolute Gasteiger partial charge is 0.164 e. The van der Waals surface area contributed by atoms with Gasteiger partial charge in [0.25, 0.3) is 0 Å². The molecule has 3 nitrogen and oxygen atoms in total. The van der Waals surface area contributed by atoms with E-state index >= 15 is 0 Å². The van der Waals surface area contributed by atoms with Gasteiger partial charge in [-0.2, -0.15) is 0 Å². The van der Waals surface area contributed by atoms with E-state index in [-0.39, 0.29) is 5.41 Å². The Hall–Kier alpha value is -7.23. The fraction of sp³-hybridized carbons (Fsp3) is 0.0192. The van der Waals surface area contributed by atoms with Crippen LogP contribution in [0.15, 0.2) is 200 Å². The second-order valence-corrected chi connectivity index (χ2v) is 14.3. The number of benzene rings is 8. The molecule has 1 aromatic heterocycles. The lowest BCUT2D eigenvalue weighted by Gasteiger charge is -2.30. The van der Waals surface area contributed by atoms with Gasteiger partial charge in [0.15, 0.2) is 17.5 Å². The zero-order valence-corrected chi connectivity index (χ0v) is 29.9. The molecule has 1 spiro atoms. The molecule has 2 aliphatic carbocycles. The van der Waals surface area contributed by atoms with Crippen molar-refractivity contribution < 1.29 is 0 Å². The van der Waals surface area contributed by atoms with Crippen LogP contribution in [0.2, 0.25) is 0 Å². The molecular weight excluding hydrogens is 667 g/mol. The quantitative estimate of drug-likeness (QED) is 0.179. The van der Waals surface area contributed by atoms with Crippen molar-refractivity contribution in [2.45, 2.75) is 5.41 Å². The first-order chi connectivity index (χ1) is 27.3. The highest BCUT2D eigenvalue weighted by atomic mass is 15.0. The van der Waals surface area contributed by atoms with Crippen LogP contribution >= 0.6 is 0 Å². The van der Waals surface area contributed by atoms with E-state index in [9.17, 15) is 0 Å². The van der Waals surface area contributed by atoms with E-state index in [0.717, 1.165) is 27.8 Å². The van der Waals surface area contributed by atoms with E-state index in [4.69, 9.17) is 15.0 Å². The first-order valence-corrected chi connectivity index (χ1v) is 18.8. The molecular formula is C52H33N3. The van der Waals surface area contributed by atoms with Crippen molar-refractivity contribution in [2.24, 2.45) is 0 Å². The molecule has 55 heavy (non-hydrogen) atoms. The monoisotopic (exact) mass is 699 g/mol. The van der Waals surface area contributed by atoms with Gasteiger partial charge < -0.3 is 0 Å². The largest absolute Gasteiger partial charge is 0.208 e. The Balaban J connectivity index is 0.947. The number of hydrogen-bond donors (Lipinski definition) is 0. The molecule has 8 aromatic carbocycles. The van der Waals surface area contributed by atoms with Crippen molar-refractivity contribution in [3.8, 4) is 78.7 Å². The minimum absolute atomic E-state index is 0.348. The predicted octanol–water partition coefficient (Wildman–Crippen LogP) is 12.6. The van der Waals surface area contributed by atoms with Crippen molar-refractivity contribution in [3.63, 3.8) is 0 Å². The summed E-state index contributed by atoms with van der Waals surface area (Å²) in [6.07, 6.45) is 0. The first kappa shape index (κ1) is 31.3. The van der Waals surface area contributed by atoms with Crippen LogP contribution in [0.5, 0.6) is 0 Å². The maximum absolute atomic E-state index is 4.91. The van der Waals surface area contributed by atoms with Crippen LogP contribution in [0.3, 0.4) is 0 Å². The standard InChI is InChI=1S/C52H33N3/c1-3-13-37(14-4-1)49-53-50(38-15-5-2-6-16-38)55-51(54-49)39-29-27-35(28-30-39)34-23-25-36(26-24-34)40-31-32-44-43-19-9-12-22-47(43)52(48(44)33-40)45-20-10-7-17-41(45)42-18-8-11-21-46(42)52/h1-33H. The average molecular weight is 700 g/mol. The van der Waals surface area contributed by atoms with E-state index in [0.29, 0.717) is 17.5 Å². The molecule has 256 valence electrons. The van der Waals surface area contributed by atoms with Crippen LogP contribution in [0.1, 0.15) is 22.3 Å². The van der Waals surface area contributed by atoms with Crippen LogP contribution in [0.25, 0.3) is 78.7 Å². The maximum Gasteiger partial charge on any atom is 0.164 e. The fourth-order valence-electron chi connectivity index (χ4n) is 8.88. The van der Waals surface area contributed by atoms with E-state index in [1.165, 1.54) is 55.6 Å². The number of nitrogens with zero attached hydrogens (tertiary/aromatic N) is 3. The Morgan fingerprint density at radius 2 is 0.545 bits per heavy atom. The Bertz CT molecular complexity index is 2770. The average Bonchev–Trinajstić information content (AvgIpc) is 3.74. The topological polar surface area (TPSA) is 38.7 Å². The summed E-state index contributed by atoms with van der Waals surface area (Å²) in [6, 6.07) is 71.7. The normalized spacial score (nSPS) is 12.9. The van der Waals surface area contributed by atoms with Gasteiger partial charge in [-0.15, -0.1) is 0 Å². The van der Waals surface area contributed by atoms with Gasteiger partial charge >= 0.3 is 0 Å². The van der Waals surface area contributed by atoms with Crippen LogP contribution in [-0.4, -0.2) is 15.0 Å². The molecule has 0 saturated heterocycles. The highest BCUT2D eigenvalue weighted by Gasteiger charge is 2.51. The van der Waals surface area contributed by atoms with Crippen molar-refractivity contribution in [3.05, 3.63) is 222 Å². The molecule has 0 atom stereocenters. The third-order valence-electron chi connectivity index (χ3n) is 11.4. The Labute approximate surface area is 320 Å². The SMILES string of the molecule is c1ccc(-c2nc(-c3ccccc3)nc(-c3ccc(-c4ccc(-c5ccc6c(c5)C5(c7ccccc7-c7ccccc75)c5ccccc5-6)cc4)cc3)n2)cc1. The molecule has 0 bridgehead atoms. The zero-order chi connectivity index (χ0) is 36.3. The van der Waals surface area contributed by atoms with Crippen molar-refractivity contribution >= 4 is 0 Å². The molecule has 2 aliphatic rings. The molecule has 11 rings (SSSR count). The van der Waals surface area contributed by atoms with E-state index in [1.807, 2.05) is 60.7 Å². The summed E-state index contributed by atoms with van der Waals surface area (Å²) >= 11 is 0. The molecule has 0 radical (unpaired) electrons. The fourth-order valence-corrected chi connectivity index (χ4v) is 8.88. The van der Waals surface area contributed by atoms with Crippen molar-refractivity contribution in [2.75, 3.05) is 0 Å². The van der Waals surface area contributed by atoms with E-state index in [1.54, 1.807) is 0 Å². The summed E-state index contributed by atoms with van der Waals surface area (Å²) in [5, 5.41) is 0. The maximum atomic E-state index is 4.91. The summed E-state index contributed by atoms with van der Waals surface area (Å²) in [6.45, 7) is 0. The summed E-state index contributed by atoms with van der Waals surface area (Å²) in [5.74, 6) is 1.97. The van der Waals surface area contributed by atoms with Crippen LogP contribution in [0.4, 0.5) is 0 Å². The second-order valence-electron chi connectivity index (χ2n) is 14.3. The van der Waals surface area contributed by atoms with Gasteiger partial charge in [0.2, 0.25) is 0 Å². The Morgan fingerprint density at radius 3 is 0.982 bits per heavy atom. The van der Waals surface area contributed by atoms with Crippen LogP contribution in [0, 0.1) is 0 Å². The molecule has 0 N–H and O–H groups in total. The lowest BCUT2D eigenvalue weighted by molar-refractivity contribution is 0.794. The number of aromatic nitrogens is 3. The molecule has 0 amide bonds. The third-order valence-corrected chi connectivity index (χ3v) is 11.4. The molecule has 0 unspecified atom stereocenters. The number of hydrogen-bond acceptors (Lipinski definition) is 3. The van der Waals surface area contributed by atoms with Crippen LogP contribution < -0.4 is 0 Å². The lowest BCUT2D eigenvalue weighted by Crippen LogP contribution is -2.25. The van der Waals surface area contributed by atoms with Gasteiger partial charge in [0, 0.05) is 16.7 Å². The molecule has 3 heteroatoms. The summed E-state index contributed by atoms with van der Waals surface area (Å²) in [7, 11) is 0. The Morgan fingerprint density at radius 1 is 0.236 bits per heavy atom. The van der Waals surface area contributed by atoms with Gasteiger partial charge in [-0.1, -0.05) is 194 Å². The minimum Gasteiger partial charge on any atom is -0.208 e. The molecule has 0 aliphatic heterocycles. The van der Waals surface area contributed by atoms with Gasteiger partial charge in [-0.25, -0.2) is 15.0 Å². The number of rotatable bonds is 5.